The molecule has 1 heterocycles. The maximum Gasteiger partial charge on any atom is 2.00 e. The van der Waals surface area contributed by atoms with Gasteiger partial charge in [-0.2, -0.15) is 27.8 Å². The van der Waals surface area contributed by atoms with Crippen LogP contribution >= 0.6 is 0 Å². The second-order valence-electron chi connectivity index (χ2n) is 24.2. The second kappa shape index (κ2) is 34.3. The fourth-order valence-electron chi connectivity index (χ4n) is 13.2. The van der Waals surface area contributed by atoms with Crippen LogP contribution in [0, 0.1) is 54.8 Å². The van der Waals surface area contributed by atoms with Crippen molar-refractivity contribution in [2.45, 2.75) is 72.1 Å². The van der Waals surface area contributed by atoms with Gasteiger partial charge in [-0.25, -0.2) is 0 Å². The zero-order valence-electron chi connectivity index (χ0n) is 55.4. The molecular weight excluding hydrogens is 1260 g/mol. The number of halogens is 1. The number of aromatic nitrogens is 2. The molecule has 0 atom stereocenters. The van der Waals surface area contributed by atoms with Crippen molar-refractivity contribution in [2.24, 2.45) is 0 Å². The first-order valence-electron chi connectivity index (χ1n) is 32.6. The van der Waals surface area contributed by atoms with Crippen molar-refractivity contribution in [2.75, 3.05) is 0 Å². The fourth-order valence-corrected chi connectivity index (χ4v) is 13.2. The summed E-state index contributed by atoms with van der Waals surface area (Å²) >= 11 is 0. The molecule has 2 nitrogen and oxygen atoms in total. The molecule has 0 aliphatic carbocycles. The summed E-state index contributed by atoms with van der Waals surface area (Å²) in [7, 11) is 0. The number of hydrogen-bond acceptors (Lipinski definition) is 0. The van der Waals surface area contributed by atoms with Gasteiger partial charge in [-0.15, -0.1) is 0 Å². The van der Waals surface area contributed by atoms with Gasteiger partial charge in [-0.05, 0) is 80.6 Å². The number of rotatable bonds is 14. The number of aryl methyl sites for hydroxylation is 2. The molecule has 0 saturated heterocycles. The maximum absolute atomic E-state index is 4.11. The van der Waals surface area contributed by atoms with E-state index in [1.807, 2.05) is 72.8 Å². The average molecular weight is 1340 g/mol. The van der Waals surface area contributed by atoms with Gasteiger partial charge in [0.25, 0.3) is 6.33 Å². The molecule has 0 amide bonds. The van der Waals surface area contributed by atoms with E-state index in [1.54, 1.807) is 0 Å². The summed E-state index contributed by atoms with van der Waals surface area (Å²) in [5.74, 6) is -0.300. The molecule has 14 aromatic rings. The first-order chi connectivity index (χ1) is 45.6. The van der Waals surface area contributed by atoms with Crippen molar-refractivity contribution in [3.63, 3.8) is 0 Å². The smallest absolute Gasteiger partial charge is 1.00 e. The van der Waals surface area contributed by atoms with E-state index < -0.39 is 0 Å². The summed E-state index contributed by atoms with van der Waals surface area (Å²) in [5, 5.41) is 0. The topological polar surface area (TPSA) is 8.81 Å². The molecular formula is C91H83ClN2Ru. The largest absolute Gasteiger partial charge is 2.00 e. The summed E-state index contributed by atoms with van der Waals surface area (Å²) in [6.45, 7) is 15.5. The first kappa shape index (κ1) is 69.5. The number of nitrogens with zero attached hydrogens (tertiary/aromatic N) is 2. The first-order valence-corrected chi connectivity index (χ1v) is 32.6. The van der Waals surface area contributed by atoms with Gasteiger partial charge >= 0.3 is 19.5 Å². The molecule has 95 heavy (non-hydrogen) atoms. The van der Waals surface area contributed by atoms with Crippen LogP contribution < -0.4 is 17.0 Å². The molecule has 13 aromatic carbocycles. The Bertz CT molecular complexity index is 3770. The predicted octanol–water partition coefficient (Wildman–Crippen LogP) is 19.2. The Morgan fingerprint density at radius 2 is 0.505 bits per heavy atom. The molecule has 4 heteroatoms. The van der Waals surface area contributed by atoms with Crippen molar-refractivity contribution in [1.82, 2.24) is 4.57 Å². The third-order valence-corrected chi connectivity index (χ3v) is 18.1. The Kier molecular flexibility index (Phi) is 25.1. The molecule has 0 spiro atoms. The van der Waals surface area contributed by atoms with E-state index in [9.17, 15) is 0 Å². The van der Waals surface area contributed by atoms with E-state index in [0.717, 1.165) is 11.4 Å². The fraction of sp³-hybridized carbons (Fsp3) is 0.121. The number of imidazole rings is 1. The second-order valence-corrected chi connectivity index (χ2v) is 24.2. The standard InChI is InChI=1S/C69H56N2.C10H15.2C6H6.ClH.Ru/c1-50-45-60(64(52-27-11-3-12-28-52)53-29-13-4-14-30-53)68(61(46-50)65(54-31-15-5-16-32-54)55-33-17-6-18-34-55)70-43-44-71(49-70)69-62(66(56-35-19-7-20-36-56)57-37-21-8-22-38-57)47-51(2)48-63(69)67(58-39-23-9-24-40-58)59-41-25-10-26-42-59;1-6-7(2)9(4)10(5)8(6)3;2*1-2-4-6-5-3-1;;/h3-48,64-67H,1-2H3;1-5H3;2*1-6H;1H;/q;-1;;;;+2/p-1. The minimum Gasteiger partial charge on any atom is -1.00 e. The van der Waals surface area contributed by atoms with Gasteiger partial charge in [0.1, 0.15) is 0 Å². The summed E-state index contributed by atoms with van der Waals surface area (Å²) in [6.07, 6.45) is 8.59. The summed E-state index contributed by atoms with van der Waals surface area (Å²) in [5.41, 5.74) is 26.7. The zero-order chi connectivity index (χ0) is 64.3. The van der Waals surface area contributed by atoms with Crippen LogP contribution in [0.2, 0.25) is 0 Å². The van der Waals surface area contributed by atoms with Crippen molar-refractivity contribution < 1.29 is 36.5 Å². The molecule has 0 saturated carbocycles. The summed E-state index contributed by atoms with van der Waals surface area (Å²) in [4.78, 5) is 0. The van der Waals surface area contributed by atoms with Gasteiger partial charge < -0.3 is 12.4 Å². The Hall–Kier alpha value is -9.89. The molecule has 472 valence electrons. The van der Waals surface area contributed by atoms with Crippen molar-refractivity contribution >= 4 is 0 Å². The van der Waals surface area contributed by atoms with Crippen molar-refractivity contribution in [3.05, 3.63) is 464 Å². The molecule has 14 rings (SSSR count). The van der Waals surface area contributed by atoms with E-state index in [-0.39, 0.29) is 55.6 Å². The van der Waals surface area contributed by atoms with Gasteiger partial charge in [-0.1, -0.05) is 385 Å². The van der Waals surface area contributed by atoms with Gasteiger partial charge in [0.15, 0.2) is 0 Å². The normalized spacial score (nSPS) is 10.7. The van der Waals surface area contributed by atoms with Gasteiger partial charge in [0, 0.05) is 36.1 Å². The molecule has 0 aliphatic rings. The minimum absolute atomic E-state index is 0. The van der Waals surface area contributed by atoms with E-state index in [4.69, 9.17) is 0 Å². The van der Waals surface area contributed by atoms with Crippen LogP contribution in [0.4, 0.5) is 0 Å². The van der Waals surface area contributed by atoms with Crippen molar-refractivity contribution in [3.8, 4) is 11.4 Å². The molecule has 0 unspecified atom stereocenters. The molecule has 0 bridgehead atoms. The molecule has 1 aromatic heterocycles. The molecule has 0 N–H and O–H groups in total. The quantitative estimate of drug-likeness (QED) is 0.0444. The van der Waals surface area contributed by atoms with Crippen LogP contribution in [0.5, 0.6) is 0 Å². The third kappa shape index (κ3) is 16.9. The van der Waals surface area contributed by atoms with Crippen LogP contribution in [-0.4, -0.2) is 4.57 Å². The van der Waals surface area contributed by atoms with Crippen LogP contribution in [0.1, 0.15) is 129 Å². The number of benzene rings is 12. The van der Waals surface area contributed by atoms with Crippen LogP contribution in [0.3, 0.4) is 0 Å². The summed E-state index contributed by atoms with van der Waals surface area (Å²) < 4.78 is 4.60. The minimum atomic E-state index is -0.0749. The van der Waals surface area contributed by atoms with E-state index in [2.05, 4.69) is 343 Å². The van der Waals surface area contributed by atoms with Crippen molar-refractivity contribution in [1.29, 1.82) is 0 Å². The zero-order valence-corrected chi connectivity index (χ0v) is 57.9. The monoisotopic (exact) mass is 1340 g/mol. The molecule has 0 radical (unpaired) electrons. The van der Waals surface area contributed by atoms with Gasteiger partial charge in [-0.3, -0.25) is 9.13 Å². The SMILES string of the molecule is Cc1c(C)c(C)[c-](C)c1C.Cc1cc(C(c2ccccc2)c2ccccc2)c(-n2[c-][n+](-c3c(C(c4ccccc4)c4ccccc4)cc(C)cc3C(c3ccccc3)c3ccccc3)cc2)c(C(c2ccccc2)c2ccccc2)c1.[Cl-].[Ru+2].c1ccccc1.c1ccccc1. The van der Waals surface area contributed by atoms with Gasteiger partial charge in [0.2, 0.25) is 0 Å². The van der Waals surface area contributed by atoms with E-state index in [1.165, 1.54) is 106 Å². The van der Waals surface area contributed by atoms with Crippen LogP contribution in [-0.2, 0) is 19.5 Å². The average Bonchev–Trinajstić information content (AvgIpc) is 1.73. The molecule has 0 aliphatic heterocycles. The van der Waals surface area contributed by atoms with E-state index in [0.29, 0.717) is 0 Å². The Balaban J connectivity index is 0.000000374. The summed E-state index contributed by atoms with van der Waals surface area (Å²) in [6, 6.07) is 122. The number of hydrogen-bond donors (Lipinski definition) is 0. The van der Waals surface area contributed by atoms with Gasteiger partial charge in [0.05, 0.1) is 11.4 Å². The van der Waals surface area contributed by atoms with Crippen LogP contribution in [0.25, 0.3) is 11.4 Å². The van der Waals surface area contributed by atoms with Crippen LogP contribution in [0.15, 0.2) is 352 Å². The Morgan fingerprint density at radius 1 is 0.305 bits per heavy atom. The third-order valence-electron chi connectivity index (χ3n) is 18.1. The predicted molar refractivity (Wildman–Crippen MR) is 390 cm³/mol. The molecule has 0 fully saturated rings. The Morgan fingerprint density at radius 3 is 0.716 bits per heavy atom. The maximum atomic E-state index is 4.11. The Labute approximate surface area is 584 Å². The van der Waals surface area contributed by atoms with E-state index >= 15 is 0 Å².